The van der Waals surface area contributed by atoms with Crippen LogP contribution in [-0.4, -0.2) is 61.5 Å². The first-order valence-electron chi connectivity index (χ1n) is 6.18. The Morgan fingerprint density at radius 2 is 2.29 bits per heavy atom. The van der Waals surface area contributed by atoms with Crippen LogP contribution in [0, 0.1) is 5.92 Å². The Balaban J connectivity index is 2.47. The van der Waals surface area contributed by atoms with Gasteiger partial charge in [0.1, 0.15) is 0 Å². The summed E-state index contributed by atoms with van der Waals surface area (Å²) in [4.78, 5) is 13.1. The number of hydrogen-bond donors (Lipinski definition) is 1. The molecule has 0 aliphatic carbocycles. The first-order valence-corrected chi connectivity index (χ1v) is 6.18. The third kappa shape index (κ3) is 4.26. The van der Waals surface area contributed by atoms with Gasteiger partial charge in [-0.3, -0.25) is 4.90 Å². The fourth-order valence-corrected chi connectivity index (χ4v) is 2.21. The minimum atomic E-state index is -0.889. The standard InChI is InChI=1S/C12H23NO4/c1-4-17-11(12(14)15)8-13-6-5-9(2)10(7-13)16-3/h9-11H,4-8H2,1-3H3,(H,14,15). The van der Waals surface area contributed by atoms with Crippen LogP contribution < -0.4 is 0 Å². The maximum Gasteiger partial charge on any atom is 0.334 e. The molecule has 0 aromatic carbocycles. The van der Waals surface area contributed by atoms with Crippen LogP contribution in [0.25, 0.3) is 0 Å². The summed E-state index contributed by atoms with van der Waals surface area (Å²) < 4.78 is 10.6. The Morgan fingerprint density at radius 3 is 2.82 bits per heavy atom. The number of nitrogens with zero attached hydrogens (tertiary/aromatic N) is 1. The molecule has 1 fully saturated rings. The molecular weight excluding hydrogens is 222 g/mol. The maximum atomic E-state index is 11.0. The van der Waals surface area contributed by atoms with E-state index >= 15 is 0 Å². The van der Waals surface area contributed by atoms with Gasteiger partial charge in [-0.2, -0.15) is 0 Å². The van der Waals surface area contributed by atoms with Crippen LogP contribution in [0.15, 0.2) is 0 Å². The van der Waals surface area contributed by atoms with Crippen molar-refractivity contribution in [2.75, 3.05) is 33.4 Å². The summed E-state index contributed by atoms with van der Waals surface area (Å²) in [7, 11) is 1.71. The Labute approximate surface area is 103 Å². The van der Waals surface area contributed by atoms with Crippen molar-refractivity contribution < 1.29 is 19.4 Å². The van der Waals surface area contributed by atoms with Crippen molar-refractivity contribution in [1.29, 1.82) is 0 Å². The molecule has 1 heterocycles. The smallest absolute Gasteiger partial charge is 0.334 e. The van der Waals surface area contributed by atoms with Gasteiger partial charge in [-0.15, -0.1) is 0 Å². The average Bonchev–Trinajstić information content (AvgIpc) is 2.30. The van der Waals surface area contributed by atoms with Gasteiger partial charge in [-0.05, 0) is 25.8 Å². The van der Waals surface area contributed by atoms with Gasteiger partial charge in [-0.25, -0.2) is 4.79 Å². The second-order valence-electron chi connectivity index (χ2n) is 4.58. The average molecular weight is 245 g/mol. The van der Waals surface area contributed by atoms with Gasteiger partial charge in [0.2, 0.25) is 0 Å². The van der Waals surface area contributed by atoms with Gasteiger partial charge in [0, 0.05) is 26.8 Å². The first kappa shape index (κ1) is 14.4. The monoisotopic (exact) mass is 245 g/mol. The van der Waals surface area contributed by atoms with Crippen LogP contribution in [0.1, 0.15) is 20.3 Å². The number of piperidine rings is 1. The molecule has 1 rings (SSSR count). The molecule has 100 valence electrons. The highest BCUT2D eigenvalue weighted by molar-refractivity contribution is 5.72. The highest BCUT2D eigenvalue weighted by atomic mass is 16.5. The van der Waals surface area contributed by atoms with Crippen molar-refractivity contribution in [2.45, 2.75) is 32.5 Å². The van der Waals surface area contributed by atoms with Crippen LogP contribution in [0.3, 0.4) is 0 Å². The normalized spacial score (nSPS) is 27.9. The number of carboxylic acids is 1. The number of rotatable bonds is 6. The van der Waals surface area contributed by atoms with Gasteiger partial charge in [0.05, 0.1) is 6.10 Å². The largest absolute Gasteiger partial charge is 0.479 e. The third-order valence-electron chi connectivity index (χ3n) is 3.34. The summed E-state index contributed by atoms with van der Waals surface area (Å²) in [5.74, 6) is -0.355. The predicted molar refractivity (Wildman–Crippen MR) is 64.1 cm³/mol. The van der Waals surface area contributed by atoms with Crippen LogP contribution in [0.5, 0.6) is 0 Å². The zero-order chi connectivity index (χ0) is 12.8. The minimum Gasteiger partial charge on any atom is -0.479 e. The molecular formula is C12H23NO4. The molecule has 3 unspecified atom stereocenters. The van der Waals surface area contributed by atoms with E-state index < -0.39 is 12.1 Å². The molecule has 0 aromatic rings. The summed E-state index contributed by atoms with van der Waals surface area (Å²) in [5.41, 5.74) is 0. The molecule has 0 bridgehead atoms. The third-order valence-corrected chi connectivity index (χ3v) is 3.34. The quantitative estimate of drug-likeness (QED) is 0.751. The van der Waals surface area contributed by atoms with E-state index in [1.165, 1.54) is 0 Å². The number of aliphatic carboxylic acids is 1. The summed E-state index contributed by atoms with van der Waals surface area (Å²) >= 11 is 0. The zero-order valence-corrected chi connectivity index (χ0v) is 10.9. The molecule has 0 amide bonds. The van der Waals surface area contributed by atoms with Gasteiger partial charge in [-0.1, -0.05) is 6.92 Å². The van der Waals surface area contributed by atoms with Crippen molar-refractivity contribution in [2.24, 2.45) is 5.92 Å². The van der Waals surface area contributed by atoms with E-state index in [9.17, 15) is 4.79 Å². The maximum absolute atomic E-state index is 11.0. The molecule has 5 nitrogen and oxygen atoms in total. The minimum absolute atomic E-state index is 0.194. The lowest BCUT2D eigenvalue weighted by molar-refractivity contribution is -0.152. The molecule has 17 heavy (non-hydrogen) atoms. The molecule has 1 N–H and O–H groups in total. The zero-order valence-electron chi connectivity index (χ0n) is 10.9. The highest BCUT2D eigenvalue weighted by Gasteiger charge is 2.29. The van der Waals surface area contributed by atoms with Crippen LogP contribution in [0.2, 0.25) is 0 Å². The number of methoxy groups -OCH3 is 1. The molecule has 0 aromatic heterocycles. The Morgan fingerprint density at radius 1 is 1.59 bits per heavy atom. The van der Waals surface area contributed by atoms with Crippen LogP contribution in [-0.2, 0) is 14.3 Å². The molecule has 0 spiro atoms. The number of ether oxygens (including phenoxy) is 2. The summed E-state index contributed by atoms with van der Waals surface area (Å²) in [5, 5.41) is 9.03. The summed E-state index contributed by atoms with van der Waals surface area (Å²) in [6.45, 7) is 6.55. The molecule has 3 atom stereocenters. The van der Waals surface area contributed by atoms with E-state index in [1.54, 1.807) is 7.11 Å². The second-order valence-corrected chi connectivity index (χ2v) is 4.58. The van der Waals surface area contributed by atoms with Gasteiger partial charge < -0.3 is 14.6 Å². The highest BCUT2D eigenvalue weighted by Crippen LogP contribution is 2.19. The van der Waals surface area contributed by atoms with E-state index in [0.29, 0.717) is 19.1 Å². The second kappa shape index (κ2) is 6.93. The van der Waals surface area contributed by atoms with Crippen molar-refractivity contribution in [3.8, 4) is 0 Å². The van der Waals surface area contributed by atoms with E-state index in [0.717, 1.165) is 19.5 Å². The fraction of sp³-hybridized carbons (Fsp3) is 0.917. The molecule has 1 saturated heterocycles. The summed E-state index contributed by atoms with van der Waals surface area (Å²) in [6, 6.07) is 0. The Hall–Kier alpha value is -0.650. The van der Waals surface area contributed by atoms with Crippen LogP contribution >= 0.6 is 0 Å². The molecule has 1 aliphatic heterocycles. The number of hydrogen-bond acceptors (Lipinski definition) is 4. The van der Waals surface area contributed by atoms with E-state index in [-0.39, 0.29) is 6.10 Å². The SMILES string of the molecule is CCOC(CN1CCC(C)C(OC)C1)C(=O)O. The molecule has 0 saturated carbocycles. The lowest BCUT2D eigenvalue weighted by atomic mass is 9.95. The molecule has 5 heteroatoms. The summed E-state index contributed by atoms with van der Waals surface area (Å²) in [6.07, 6.45) is 0.502. The van der Waals surface area contributed by atoms with Gasteiger partial charge in [0.15, 0.2) is 6.10 Å². The van der Waals surface area contributed by atoms with Crippen molar-refractivity contribution in [3.63, 3.8) is 0 Å². The van der Waals surface area contributed by atoms with Gasteiger partial charge >= 0.3 is 5.97 Å². The van der Waals surface area contributed by atoms with Crippen molar-refractivity contribution in [1.82, 2.24) is 4.90 Å². The van der Waals surface area contributed by atoms with E-state index in [2.05, 4.69) is 11.8 Å². The molecule has 0 radical (unpaired) electrons. The first-order chi connectivity index (χ1) is 8.08. The van der Waals surface area contributed by atoms with Crippen molar-refractivity contribution in [3.05, 3.63) is 0 Å². The molecule has 1 aliphatic rings. The predicted octanol–water partition coefficient (Wildman–Crippen LogP) is 0.833. The lowest BCUT2D eigenvalue weighted by Crippen LogP contribution is -2.48. The lowest BCUT2D eigenvalue weighted by Gasteiger charge is -2.37. The van der Waals surface area contributed by atoms with Crippen LogP contribution in [0.4, 0.5) is 0 Å². The number of carbonyl (C=O) groups is 1. The topological polar surface area (TPSA) is 59.0 Å². The number of likely N-dealkylation sites (tertiary alicyclic amines) is 1. The van der Waals surface area contributed by atoms with E-state index in [1.807, 2.05) is 6.92 Å². The fourth-order valence-electron chi connectivity index (χ4n) is 2.21. The van der Waals surface area contributed by atoms with Gasteiger partial charge in [0.25, 0.3) is 0 Å². The Bertz CT molecular complexity index is 247. The van der Waals surface area contributed by atoms with Crippen molar-refractivity contribution >= 4 is 5.97 Å². The van der Waals surface area contributed by atoms with E-state index in [4.69, 9.17) is 14.6 Å². The Kier molecular flexibility index (Phi) is 5.88. The number of carboxylic acid groups (broad SMARTS) is 1.